The Bertz CT molecular complexity index is 510. The predicted octanol–water partition coefficient (Wildman–Crippen LogP) is 2.32. The summed E-state index contributed by atoms with van der Waals surface area (Å²) in [5.41, 5.74) is 0.910. The van der Waals surface area contributed by atoms with Crippen LogP contribution in [0.15, 0.2) is 30.5 Å². The summed E-state index contributed by atoms with van der Waals surface area (Å²) in [5.74, 6) is 0.0924. The van der Waals surface area contributed by atoms with Gasteiger partial charge in [0.25, 0.3) is 5.24 Å². The zero-order chi connectivity index (χ0) is 10.1. The first-order valence-electron chi connectivity index (χ1n) is 3.96. The zero-order valence-electron chi connectivity index (χ0n) is 7.07. The summed E-state index contributed by atoms with van der Waals surface area (Å²) in [6, 6.07) is 6.49. The molecule has 1 heterocycles. The molecule has 0 atom stereocenters. The van der Waals surface area contributed by atoms with Crippen LogP contribution < -0.4 is 0 Å². The topological polar surface area (TPSA) is 50.2 Å². The molecule has 0 spiro atoms. The number of fused-ring (bicyclic) bond motifs is 1. The molecule has 1 N–H and O–H groups in total. The maximum Gasteiger partial charge on any atom is 0.253 e. The van der Waals surface area contributed by atoms with Gasteiger partial charge in [0.15, 0.2) is 0 Å². The molecule has 0 unspecified atom stereocenters. The van der Waals surface area contributed by atoms with Crippen LogP contribution in [0, 0.1) is 0 Å². The third-order valence-corrected chi connectivity index (χ3v) is 2.15. The van der Waals surface area contributed by atoms with Crippen LogP contribution in [-0.4, -0.2) is 15.3 Å². The van der Waals surface area contributed by atoms with Gasteiger partial charge in [-0.1, -0.05) is 6.07 Å². The lowest BCUT2D eigenvalue weighted by Crippen LogP contribution is -1.90. The van der Waals surface area contributed by atoms with Gasteiger partial charge in [-0.15, -0.1) is 0 Å². The number of nitrogens with zero attached hydrogens (tertiary/aromatic N) is 1. The zero-order valence-corrected chi connectivity index (χ0v) is 7.82. The molecule has 0 aliphatic heterocycles. The highest BCUT2D eigenvalue weighted by Gasteiger charge is 2.05. The molecule has 0 bridgehead atoms. The summed E-state index contributed by atoms with van der Waals surface area (Å²) in [6.45, 7) is 0. The highest BCUT2D eigenvalue weighted by atomic mass is 35.5. The van der Waals surface area contributed by atoms with Crippen LogP contribution in [0.1, 0.15) is 10.4 Å². The van der Waals surface area contributed by atoms with Crippen molar-refractivity contribution < 1.29 is 9.90 Å². The van der Waals surface area contributed by atoms with Crippen molar-refractivity contribution in [1.82, 2.24) is 4.98 Å². The lowest BCUT2D eigenvalue weighted by molar-refractivity contribution is 0.108. The SMILES string of the molecule is O=C(Cl)c1cnc2cccc(O)c2c1. The van der Waals surface area contributed by atoms with E-state index in [0.717, 1.165) is 0 Å². The van der Waals surface area contributed by atoms with Crippen molar-refractivity contribution in [2.24, 2.45) is 0 Å². The molecule has 0 aliphatic carbocycles. The van der Waals surface area contributed by atoms with Crippen LogP contribution in [0.2, 0.25) is 0 Å². The Kier molecular flexibility index (Phi) is 2.09. The van der Waals surface area contributed by atoms with E-state index in [0.29, 0.717) is 10.9 Å². The maximum absolute atomic E-state index is 10.8. The number of benzene rings is 1. The molecule has 0 aliphatic rings. The van der Waals surface area contributed by atoms with Gasteiger partial charge in [-0.05, 0) is 29.8 Å². The second-order valence-corrected chi connectivity index (χ2v) is 3.18. The van der Waals surface area contributed by atoms with Crippen LogP contribution in [0.5, 0.6) is 5.75 Å². The van der Waals surface area contributed by atoms with E-state index in [9.17, 15) is 9.90 Å². The Hall–Kier alpha value is -1.61. The minimum absolute atomic E-state index is 0.0924. The maximum atomic E-state index is 10.8. The fraction of sp³-hybridized carbons (Fsp3) is 0. The number of hydrogen-bond acceptors (Lipinski definition) is 3. The Balaban J connectivity index is 2.76. The molecule has 1 aromatic carbocycles. The van der Waals surface area contributed by atoms with Crippen molar-refractivity contribution in [3.8, 4) is 5.75 Å². The summed E-state index contributed by atoms with van der Waals surface area (Å²) in [4.78, 5) is 14.8. The number of aromatic hydroxyl groups is 1. The minimum atomic E-state index is -0.581. The largest absolute Gasteiger partial charge is 0.507 e. The molecule has 1 aromatic heterocycles. The fourth-order valence-corrected chi connectivity index (χ4v) is 1.34. The number of aromatic nitrogens is 1. The van der Waals surface area contributed by atoms with Crippen molar-refractivity contribution in [1.29, 1.82) is 0 Å². The third kappa shape index (κ3) is 1.42. The molecule has 0 radical (unpaired) electrons. The number of rotatable bonds is 1. The number of phenolic OH excluding ortho intramolecular Hbond substituents is 1. The van der Waals surface area contributed by atoms with Gasteiger partial charge >= 0.3 is 0 Å². The Morgan fingerprint density at radius 3 is 2.93 bits per heavy atom. The van der Waals surface area contributed by atoms with Crippen LogP contribution in [0.25, 0.3) is 10.9 Å². The molecular weight excluding hydrogens is 202 g/mol. The van der Waals surface area contributed by atoms with Crippen molar-refractivity contribution >= 4 is 27.7 Å². The van der Waals surface area contributed by atoms with Crippen LogP contribution >= 0.6 is 11.6 Å². The van der Waals surface area contributed by atoms with Crippen LogP contribution in [0.4, 0.5) is 0 Å². The molecular formula is C10H6ClNO2. The van der Waals surface area contributed by atoms with Crippen molar-refractivity contribution in [2.45, 2.75) is 0 Å². The fourth-order valence-electron chi connectivity index (χ4n) is 1.24. The van der Waals surface area contributed by atoms with E-state index >= 15 is 0 Å². The average molecular weight is 208 g/mol. The van der Waals surface area contributed by atoms with Gasteiger partial charge in [-0.25, -0.2) is 0 Å². The first-order valence-corrected chi connectivity index (χ1v) is 4.34. The van der Waals surface area contributed by atoms with Gasteiger partial charge in [-0.2, -0.15) is 0 Å². The lowest BCUT2D eigenvalue weighted by Gasteiger charge is -2.00. The second-order valence-electron chi connectivity index (χ2n) is 2.84. The van der Waals surface area contributed by atoms with E-state index in [1.54, 1.807) is 12.1 Å². The monoisotopic (exact) mass is 207 g/mol. The highest BCUT2D eigenvalue weighted by Crippen LogP contribution is 2.23. The molecule has 0 saturated carbocycles. The van der Waals surface area contributed by atoms with Crippen LogP contribution in [0.3, 0.4) is 0 Å². The molecule has 0 amide bonds. The number of halogens is 1. The summed E-state index contributed by atoms with van der Waals surface area (Å²) < 4.78 is 0. The van der Waals surface area contributed by atoms with E-state index in [2.05, 4.69) is 4.98 Å². The molecule has 4 heteroatoms. The van der Waals surface area contributed by atoms with Gasteiger partial charge in [0.05, 0.1) is 11.1 Å². The molecule has 0 saturated heterocycles. The molecule has 2 rings (SSSR count). The van der Waals surface area contributed by atoms with E-state index in [-0.39, 0.29) is 11.3 Å². The Morgan fingerprint density at radius 2 is 2.21 bits per heavy atom. The van der Waals surface area contributed by atoms with E-state index in [1.165, 1.54) is 18.3 Å². The number of carbonyl (C=O) groups is 1. The predicted molar refractivity (Wildman–Crippen MR) is 53.6 cm³/mol. The average Bonchev–Trinajstić information content (AvgIpc) is 2.18. The van der Waals surface area contributed by atoms with Gasteiger partial charge < -0.3 is 5.11 Å². The van der Waals surface area contributed by atoms with Crippen LogP contribution in [-0.2, 0) is 0 Å². The standard InChI is InChI=1S/C10H6ClNO2/c11-10(14)6-4-7-8(12-5-6)2-1-3-9(7)13/h1-5,13H. The number of hydrogen-bond donors (Lipinski definition) is 1. The van der Waals surface area contributed by atoms with Gasteiger partial charge in [0.1, 0.15) is 5.75 Å². The molecule has 3 nitrogen and oxygen atoms in total. The first-order chi connectivity index (χ1) is 6.68. The Morgan fingerprint density at radius 1 is 1.43 bits per heavy atom. The molecule has 70 valence electrons. The van der Waals surface area contributed by atoms with E-state index in [1.807, 2.05) is 0 Å². The van der Waals surface area contributed by atoms with Gasteiger partial charge in [0.2, 0.25) is 0 Å². The summed E-state index contributed by atoms with van der Waals surface area (Å²) in [7, 11) is 0. The first kappa shape index (κ1) is 8.97. The van der Waals surface area contributed by atoms with Crippen molar-refractivity contribution in [3.05, 3.63) is 36.0 Å². The van der Waals surface area contributed by atoms with Crippen molar-refractivity contribution in [2.75, 3.05) is 0 Å². The lowest BCUT2D eigenvalue weighted by atomic mass is 10.1. The van der Waals surface area contributed by atoms with Crippen molar-refractivity contribution in [3.63, 3.8) is 0 Å². The number of pyridine rings is 1. The minimum Gasteiger partial charge on any atom is -0.507 e. The molecule has 2 aromatic rings. The van der Waals surface area contributed by atoms with Gasteiger partial charge in [-0.3, -0.25) is 9.78 Å². The highest BCUT2D eigenvalue weighted by molar-refractivity contribution is 6.67. The summed E-state index contributed by atoms with van der Waals surface area (Å²) in [6.07, 6.45) is 1.39. The molecule has 0 fully saturated rings. The summed E-state index contributed by atoms with van der Waals surface area (Å²) in [5, 5.41) is 9.43. The normalized spacial score (nSPS) is 10.4. The summed E-state index contributed by atoms with van der Waals surface area (Å²) >= 11 is 5.30. The Labute approximate surface area is 85.0 Å². The second kappa shape index (κ2) is 3.27. The van der Waals surface area contributed by atoms with Gasteiger partial charge in [0, 0.05) is 11.6 Å². The molecule has 14 heavy (non-hydrogen) atoms. The third-order valence-electron chi connectivity index (χ3n) is 1.93. The van der Waals surface area contributed by atoms with E-state index < -0.39 is 5.24 Å². The number of carbonyl (C=O) groups excluding carboxylic acids is 1. The quantitative estimate of drug-likeness (QED) is 0.731. The number of phenols is 1. The van der Waals surface area contributed by atoms with E-state index in [4.69, 9.17) is 11.6 Å². The smallest absolute Gasteiger partial charge is 0.253 e.